The van der Waals surface area contributed by atoms with E-state index in [0.717, 1.165) is 31.2 Å². The van der Waals surface area contributed by atoms with Crippen molar-refractivity contribution in [1.82, 2.24) is 5.32 Å². The predicted octanol–water partition coefficient (Wildman–Crippen LogP) is 0.203. The van der Waals surface area contributed by atoms with E-state index in [4.69, 9.17) is 5.73 Å². The van der Waals surface area contributed by atoms with Gasteiger partial charge in [0.15, 0.2) is 0 Å². The van der Waals surface area contributed by atoms with Crippen LogP contribution in [0.15, 0.2) is 0 Å². The molecular formula is C8H16N2OS. The lowest BCUT2D eigenvalue weighted by molar-refractivity contribution is -0.117. The molecule has 0 aromatic carbocycles. The Balaban J connectivity index is 2.13. The highest BCUT2D eigenvalue weighted by Crippen LogP contribution is 2.19. The van der Waals surface area contributed by atoms with Crippen LogP contribution in [0.5, 0.6) is 0 Å². The van der Waals surface area contributed by atoms with Crippen LogP contribution < -0.4 is 11.1 Å². The van der Waals surface area contributed by atoms with E-state index in [-0.39, 0.29) is 11.2 Å². The SMILES string of the molecule is CCC(SCC1CNC1)C(N)=O. The van der Waals surface area contributed by atoms with Gasteiger partial charge in [-0.15, -0.1) is 11.8 Å². The van der Waals surface area contributed by atoms with Crippen molar-refractivity contribution in [3.63, 3.8) is 0 Å². The Hall–Kier alpha value is -0.220. The number of carbonyl (C=O) groups is 1. The molecule has 3 nitrogen and oxygen atoms in total. The molecule has 3 N–H and O–H groups in total. The summed E-state index contributed by atoms with van der Waals surface area (Å²) in [5.74, 6) is 1.65. The lowest BCUT2D eigenvalue weighted by Crippen LogP contribution is -2.43. The summed E-state index contributed by atoms with van der Waals surface area (Å²) in [5.41, 5.74) is 5.22. The zero-order chi connectivity index (χ0) is 8.97. The molecule has 1 aliphatic heterocycles. The third kappa shape index (κ3) is 2.68. The number of carbonyl (C=O) groups excluding carboxylic acids is 1. The van der Waals surface area contributed by atoms with Crippen molar-refractivity contribution in [1.29, 1.82) is 0 Å². The van der Waals surface area contributed by atoms with E-state index in [9.17, 15) is 4.79 Å². The second-order valence-electron chi connectivity index (χ2n) is 3.16. The normalized spacial score (nSPS) is 20.1. The zero-order valence-corrected chi connectivity index (χ0v) is 8.19. The summed E-state index contributed by atoms with van der Waals surface area (Å²) >= 11 is 1.70. The van der Waals surface area contributed by atoms with E-state index in [0.29, 0.717) is 0 Å². The number of rotatable bonds is 5. The van der Waals surface area contributed by atoms with Gasteiger partial charge in [0, 0.05) is 0 Å². The second kappa shape index (κ2) is 4.72. The Bertz CT molecular complexity index is 159. The van der Waals surface area contributed by atoms with Crippen molar-refractivity contribution < 1.29 is 4.79 Å². The van der Waals surface area contributed by atoms with Crippen molar-refractivity contribution in [3.05, 3.63) is 0 Å². The first-order valence-electron chi connectivity index (χ1n) is 4.35. The highest BCUT2D eigenvalue weighted by Gasteiger charge is 2.20. The number of nitrogens with two attached hydrogens (primary N) is 1. The van der Waals surface area contributed by atoms with Gasteiger partial charge in [-0.2, -0.15) is 0 Å². The average molecular weight is 188 g/mol. The van der Waals surface area contributed by atoms with Gasteiger partial charge in [0.2, 0.25) is 5.91 Å². The maximum atomic E-state index is 10.8. The molecule has 4 heteroatoms. The Kier molecular flexibility index (Phi) is 3.88. The molecule has 1 rings (SSSR count). The summed E-state index contributed by atoms with van der Waals surface area (Å²) < 4.78 is 0. The number of amides is 1. The van der Waals surface area contributed by atoms with E-state index < -0.39 is 0 Å². The van der Waals surface area contributed by atoms with Crippen LogP contribution in [0.25, 0.3) is 0 Å². The summed E-state index contributed by atoms with van der Waals surface area (Å²) in [6.07, 6.45) is 0.847. The first-order chi connectivity index (χ1) is 5.74. The molecule has 0 aliphatic carbocycles. The Morgan fingerprint density at radius 1 is 1.75 bits per heavy atom. The van der Waals surface area contributed by atoms with Gasteiger partial charge in [0.05, 0.1) is 5.25 Å². The third-order valence-electron chi connectivity index (χ3n) is 2.09. The van der Waals surface area contributed by atoms with Gasteiger partial charge in [-0.3, -0.25) is 4.79 Å². The Morgan fingerprint density at radius 3 is 2.75 bits per heavy atom. The molecular weight excluding hydrogens is 172 g/mol. The average Bonchev–Trinajstić information content (AvgIpc) is 1.93. The van der Waals surface area contributed by atoms with Gasteiger partial charge >= 0.3 is 0 Å². The Labute approximate surface area is 77.5 Å². The molecule has 1 aliphatic rings. The number of hydrogen-bond acceptors (Lipinski definition) is 3. The maximum absolute atomic E-state index is 10.8. The minimum absolute atomic E-state index is 0.0191. The predicted molar refractivity (Wildman–Crippen MR) is 52.1 cm³/mol. The fraction of sp³-hybridized carbons (Fsp3) is 0.875. The summed E-state index contributed by atoms with van der Waals surface area (Å²) in [4.78, 5) is 10.8. The van der Waals surface area contributed by atoms with Crippen molar-refractivity contribution in [2.75, 3.05) is 18.8 Å². The number of hydrogen-bond donors (Lipinski definition) is 2. The number of nitrogens with one attached hydrogen (secondary N) is 1. The summed E-state index contributed by atoms with van der Waals surface area (Å²) in [6, 6.07) is 0. The molecule has 0 bridgehead atoms. The maximum Gasteiger partial charge on any atom is 0.230 e. The Morgan fingerprint density at radius 2 is 2.42 bits per heavy atom. The molecule has 1 fully saturated rings. The van der Waals surface area contributed by atoms with Gasteiger partial charge < -0.3 is 11.1 Å². The van der Waals surface area contributed by atoms with Gasteiger partial charge in [-0.05, 0) is 31.2 Å². The molecule has 1 atom stereocenters. The van der Waals surface area contributed by atoms with Crippen molar-refractivity contribution in [2.45, 2.75) is 18.6 Å². The summed E-state index contributed by atoms with van der Waals surface area (Å²) in [7, 11) is 0. The van der Waals surface area contributed by atoms with Gasteiger partial charge in [-0.25, -0.2) is 0 Å². The van der Waals surface area contributed by atoms with E-state index >= 15 is 0 Å². The molecule has 1 unspecified atom stereocenters. The fourth-order valence-electron chi connectivity index (χ4n) is 1.12. The van der Waals surface area contributed by atoms with Crippen molar-refractivity contribution in [3.8, 4) is 0 Å². The first kappa shape index (κ1) is 9.86. The second-order valence-corrected chi connectivity index (χ2v) is 4.39. The molecule has 12 heavy (non-hydrogen) atoms. The number of primary amides is 1. The van der Waals surface area contributed by atoms with Gasteiger partial charge in [0.25, 0.3) is 0 Å². The first-order valence-corrected chi connectivity index (χ1v) is 5.40. The monoisotopic (exact) mass is 188 g/mol. The molecule has 1 saturated heterocycles. The third-order valence-corrected chi connectivity index (χ3v) is 3.72. The van der Waals surface area contributed by atoms with Crippen LogP contribution in [0.2, 0.25) is 0 Å². The van der Waals surface area contributed by atoms with Gasteiger partial charge in [0.1, 0.15) is 0 Å². The van der Waals surface area contributed by atoms with E-state index in [1.165, 1.54) is 0 Å². The van der Waals surface area contributed by atoms with E-state index in [1.54, 1.807) is 11.8 Å². The van der Waals surface area contributed by atoms with Gasteiger partial charge in [-0.1, -0.05) is 6.92 Å². The number of thioether (sulfide) groups is 1. The van der Waals surface area contributed by atoms with Crippen molar-refractivity contribution >= 4 is 17.7 Å². The zero-order valence-electron chi connectivity index (χ0n) is 7.38. The molecule has 0 aromatic rings. The van der Waals surface area contributed by atoms with Crippen LogP contribution >= 0.6 is 11.8 Å². The van der Waals surface area contributed by atoms with Crippen LogP contribution in [-0.2, 0) is 4.79 Å². The summed E-state index contributed by atoms with van der Waals surface area (Å²) in [6.45, 7) is 4.20. The molecule has 1 heterocycles. The largest absolute Gasteiger partial charge is 0.369 e. The van der Waals surface area contributed by atoms with Crippen molar-refractivity contribution in [2.24, 2.45) is 11.7 Å². The van der Waals surface area contributed by atoms with Crippen LogP contribution in [-0.4, -0.2) is 30.0 Å². The molecule has 0 aromatic heterocycles. The quantitative estimate of drug-likeness (QED) is 0.648. The lowest BCUT2D eigenvalue weighted by atomic mass is 10.1. The van der Waals surface area contributed by atoms with Crippen LogP contribution in [0.3, 0.4) is 0 Å². The minimum atomic E-state index is -0.171. The highest BCUT2D eigenvalue weighted by molar-refractivity contribution is 8.00. The molecule has 0 spiro atoms. The van der Waals surface area contributed by atoms with Crippen LogP contribution in [0.4, 0.5) is 0 Å². The fourth-order valence-corrected chi connectivity index (χ4v) is 2.26. The summed E-state index contributed by atoms with van der Waals surface area (Å²) in [5, 5.41) is 3.22. The van der Waals surface area contributed by atoms with E-state index in [1.807, 2.05) is 6.92 Å². The molecule has 70 valence electrons. The minimum Gasteiger partial charge on any atom is -0.369 e. The standard InChI is InChI=1S/C8H16N2OS/c1-2-7(8(9)11)12-5-6-3-10-4-6/h6-7,10H,2-5H2,1H3,(H2,9,11). The van der Waals surface area contributed by atoms with Crippen LogP contribution in [0, 0.1) is 5.92 Å². The topological polar surface area (TPSA) is 55.1 Å². The molecule has 0 radical (unpaired) electrons. The highest BCUT2D eigenvalue weighted by atomic mass is 32.2. The van der Waals surface area contributed by atoms with E-state index in [2.05, 4.69) is 5.32 Å². The molecule has 1 amide bonds. The smallest absolute Gasteiger partial charge is 0.230 e. The van der Waals surface area contributed by atoms with Crippen LogP contribution in [0.1, 0.15) is 13.3 Å². The lowest BCUT2D eigenvalue weighted by Gasteiger charge is -2.27. The molecule has 0 saturated carbocycles.